The number of amides is 1. The summed E-state index contributed by atoms with van der Waals surface area (Å²) in [6.45, 7) is 3.27. The van der Waals surface area contributed by atoms with Crippen LogP contribution in [-0.2, 0) is 34.0 Å². The lowest BCUT2D eigenvalue weighted by atomic mass is 9.90. The lowest BCUT2D eigenvalue weighted by Crippen LogP contribution is -2.46. The highest BCUT2D eigenvalue weighted by molar-refractivity contribution is 5.82. The maximum absolute atomic E-state index is 11.7. The average Bonchev–Trinajstić information content (AvgIpc) is 2.98. The third kappa shape index (κ3) is 7.41. The summed E-state index contributed by atoms with van der Waals surface area (Å²) in [6.07, 6.45) is 1.30. The van der Waals surface area contributed by atoms with E-state index in [-0.39, 0.29) is 12.0 Å². The van der Waals surface area contributed by atoms with Gasteiger partial charge in [0.05, 0.1) is 45.7 Å². The van der Waals surface area contributed by atoms with Crippen molar-refractivity contribution in [2.45, 2.75) is 38.3 Å². The van der Waals surface area contributed by atoms with Crippen molar-refractivity contribution in [2.75, 3.05) is 26.3 Å². The molecule has 1 aliphatic heterocycles. The maximum Gasteiger partial charge on any atom is 0.407 e. The molecule has 0 saturated carbocycles. The number of aromatic nitrogens is 1. The summed E-state index contributed by atoms with van der Waals surface area (Å²) in [6, 6.07) is 28.6. The van der Waals surface area contributed by atoms with Crippen LogP contribution in [0.4, 0.5) is 4.79 Å². The molecule has 2 unspecified atom stereocenters. The molecule has 2 heterocycles. The summed E-state index contributed by atoms with van der Waals surface area (Å²) in [4.78, 5) is 17.8. The van der Waals surface area contributed by atoms with Gasteiger partial charge in [-0.15, -0.1) is 0 Å². The number of nitrogens with zero attached hydrogens (tertiary/aromatic N) is 2. The minimum Gasteiger partial charge on any atom is -0.465 e. The van der Waals surface area contributed by atoms with Gasteiger partial charge in [-0.2, -0.15) is 0 Å². The standard InChI is InChI=1S/C32H34N2O5/c35-32(36)34-15-14-29(31(20-34)39-23-25-10-12-27-8-4-5-9-28(27)18-25)30-13-11-26(19-33-30)22-38-17-16-37-21-24-6-2-1-3-7-24/h1-13,18-19,29,31H,14-17,20-23H2,(H,35,36). The van der Waals surface area contributed by atoms with Crippen LogP contribution >= 0.6 is 0 Å². The van der Waals surface area contributed by atoms with Crippen LogP contribution in [0.3, 0.4) is 0 Å². The lowest BCUT2D eigenvalue weighted by Gasteiger charge is -2.37. The Morgan fingerprint density at radius 2 is 1.54 bits per heavy atom. The molecule has 4 aromatic rings. The van der Waals surface area contributed by atoms with E-state index < -0.39 is 6.09 Å². The largest absolute Gasteiger partial charge is 0.465 e. The van der Waals surface area contributed by atoms with E-state index in [0.717, 1.165) is 27.8 Å². The van der Waals surface area contributed by atoms with Gasteiger partial charge in [-0.05, 0) is 46.0 Å². The van der Waals surface area contributed by atoms with Gasteiger partial charge in [0, 0.05) is 24.4 Å². The summed E-state index contributed by atoms with van der Waals surface area (Å²) in [5, 5.41) is 11.9. The minimum atomic E-state index is -0.916. The number of piperidine rings is 1. The Balaban J connectivity index is 1.14. The number of ether oxygens (including phenoxy) is 3. The van der Waals surface area contributed by atoms with Crippen LogP contribution in [0.25, 0.3) is 10.8 Å². The first-order valence-electron chi connectivity index (χ1n) is 13.4. The second-order valence-corrected chi connectivity index (χ2v) is 9.84. The number of pyridine rings is 1. The molecule has 1 aliphatic rings. The van der Waals surface area contributed by atoms with Crippen molar-refractivity contribution in [3.8, 4) is 0 Å². The fraction of sp³-hybridized carbons (Fsp3) is 0.312. The number of benzene rings is 3. The topological polar surface area (TPSA) is 81.1 Å². The van der Waals surface area contributed by atoms with Crippen LogP contribution in [0.15, 0.2) is 91.1 Å². The number of hydrogen-bond acceptors (Lipinski definition) is 5. The molecule has 5 rings (SSSR count). The van der Waals surface area contributed by atoms with E-state index in [0.29, 0.717) is 52.5 Å². The summed E-state index contributed by atoms with van der Waals surface area (Å²) in [5.41, 5.74) is 4.11. The summed E-state index contributed by atoms with van der Waals surface area (Å²) < 4.78 is 17.8. The quantitative estimate of drug-likeness (QED) is 0.241. The van der Waals surface area contributed by atoms with Crippen LogP contribution in [-0.4, -0.2) is 53.5 Å². The number of carboxylic acid groups (broad SMARTS) is 1. The molecule has 2 atom stereocenters. The molecular formula is C32H34N2O5. The Kier molecular flexibility index (Phi) is 9.17. The van der Waals surface area contributed by atoms with Crippen molar-refractivity contribution in [3.05, 3.63) is 114 Å². The monoisotopic (exact) mass is 526 g/mol. The van der Waals surface area contributed by atoms with E-state index in [9.17, 15) is 9.90 Å². The highest BCUT2D eigenvalue weighted by atomic mass is 16.5. The third-order valence-corrected chi connectivity index (χ3v) is 7.09. The zero-order valence-electron chi connectivity index (χ0n) is 21.9. The van der Waals surface area contributed by atoms with Crippen LogP contribution < -0.4 is 0 Å². The molecule has 3 aromatic carbocycles. The molecule has 1 N–H and O–H groups in total. The van der Waals surface area contributed by atoms with Gasteiger partial charge in [-0.25, -0.2) is 4.79 Å². The first-order chi connectivity index (χ1) is 19.2. The average molecular weight is 527 g/mol. The molecule has 0 spiro atoms. The molecule has 1 saturated heterocycles. The molecule has 1 amide bonds. The molecule has 7 nitrogen and oxygen atoms in total. The van der Waals surface area contributed by atoms with E-state index in [2.05, 4.69) is 30.3 Å². The zero-order valence-corrected chi connectivity index (χ0v) is 21.9. The fourth-order valence-electron chi connectivity index (χ4n) is 4.94. The van der Waals surface area contributed by atoms with Gasteiger partial charge in [0.2, 0.25) is 0 Å². The smallest absolute Gasteiger partial charge is 0.407 e. The van der Waals surface area contributed by atoms with Gasteiger partial charge in [-0.1, -0.05) is 72.8 Å². The Morgan fingerprint density at radius 1 is 0.821 bits per heavy atom. The van der Waals surface area contributed by atoms with Gasteiger partial charge in [0.15, 0.2) is 0 Å². The number of carbonyl (C=O) groups is 1. The van der Waals surface area contributed by atoms with E-state index in [4.69, 9.17) is 19.2 Å². The van der Waals surface area contributed by atoms with Gasteiger partial charge >= 0.3 is 6.09 Å². The molecule has 202 valence electrons. The normalized spacial score (nSPS) is 17.4. The highest BCUT2D eigenvalue weighted by Crippen LogP contribution is 2.30. The van der Waals surface area contributed by atoms with Crippen molar-refractivity contribution >= 4 is 16.9 Å². The van der Waals surface area contributed by atoms with Gasteiger partial charge in [0.25, 0.3) is 0 Å². The van der Waals surface area contributed by atoms with Gasteiger partial charge in [0.1, 0.15) is 0 Å². The highest BCUT2D eigenvalue weighted by Gasteiger charge is 2.34. The van der Waals surface area contributed by atoms with E-state index in [1.54, 1.807) is 0 Å². The zero-order chi connectivity index (χ0) is 26.9. The van der Waals surface area contributed by atoms with Crippen LogP contribution in [0.2, 0.25) is 0 Å². The van der Waals surface area contributed by atoms with Crippen molar-refractivity contribution in [2.24, 2.45) is 0 Å². The number of fused-ring (bicyclic) bond motifs is 1. The summed E-state index contributed by atoms with van der Waals surface area (Å²) in [5.74, 6) is 0.0161. The second-order valence-electron chi connectivity index (χ2n) is 9.84. The van der Waals surface area contributed by atoms with E-state index in [1.807, 2.05) is 60.8 Å². The number of rotatable bonds is 11. The Morgan fingerprint density at radius 3 is 2.28 bits per heavy atom. The fourth-order valence-corrected chi connectivity index (χ4v) is 4.94. The molecule has 1 aromatic heterocycles. The number of hydrogen-bond donors (Lipinski definition) is 1. The van der Waals surface area contributed by atoms with E-state index >= 15 is 0 Å². The second kappa shape index (κ2) is 13.3. The molecule has 0 bridgehead atoms. The third-order valence-electron chi connectivity index (χ3n) is 7.09. The Labute approximate surface area is 229 Å². The van der Waals surface area contributed by atoms with Crippen molar-refractivity contribution in [3.63, 3.8) is 0 Å². The first-order valence-corrected chi connectivity index (χ1v) is 13.4. The Bertz CT molecular complexity index is 1350. The first kappa shape index (κ1) is 26.8. The number of likely N-dealkylation sites (tertiary alicyclic amines) is 1. The SMILES string of the molecule is O=C(O)N1CCC(c2ccc(COCCOCc3ccccc3)cn2)C(OCc2ccc3ccccc3c2)C1. The van der Waals surface area contributed by atoms with Crippen LogP contribution in [0.1, 0.15) is 34.7 Å². The van der Waals surface area contributed by atoms with Crippen LogP contribution in [0.5, 0.6) is 0 Å². The molecule has 0 radical (unpaired) electrons. The van der Waals surface area contributed by atoms with Crippen molar-refractivity contribution in [1.82, 2.24) is 9.88 Å². The lowest BCUT2D eigenvalue weighted by molar-refractivity contribution is -0.0207. The summed E-state index contributed by atoms with van der Waals surface area (Å²) >= 11 is 0. The summed E-state index contributed by atoms with van der Waals surface area (Å²) in [7, 11) is 0. The van der Waals surface area contributed by atoms with Gasteiger partial charge in [-0.3, -0.25) is 4.98 Å². The maximum atomic E-state index is 11.7. The molecular weight excluding hydrogens is 492 g/mol. The predicted octanol–water partition coefficient (Wildman–Crippen LogP) is 6.02. The minimum absolute atomic E-state index is 0.0161. The van der Waals surface area contributed by atoms with Crippen molar-refractivity contribution in [1.29, 1.82) is 0 Å². The Hall–Kier alpha value is -3.78. The molecule has 0 aliphatic carbocycles. The predicted molar refractivity (Wildman–Crippen MR) is 149 cm³/mol. The molecule has 7 heteroatoms. The molecule has 1 fully saturated rings. The van der Waals surface area contributed by atoms with Crippen molar-refractivity contribution < 1.29 is 24.1 Å². The van der Waals surface area contributed by atoms with Gasteiger partial charge < -0.3 is 24.2 Å². The van der Waals surface area contributed by atoms with Crippen LogP contribution in [0, 0.1) is 0 Å². The molecule has 39 heavy (non-hydrogen) atoms. The van der Waals surface area contributed by atoms with E-state index in [1.165, 1.54) is 10.3 Å².